The van der Waals surface area contributed by atoms with Crippen LogP contribution in [0.5, 0.6) is 0 Å². The molecule has 0 spiro atoms. The van der Waals surface area contributed by atoms with E-state index in [-0.39, 0.29) is 0 Å². The molecule has 0 aliphatic carbocycles. The van der Waals surface area contributed by atoms with Crippen LogP contribution in [0, 0.1) is 6.92 Å². The van der Waals surface area contributed by atoms with Crippen molar-refractivity contribution in [3.05, 3.63) is 71.9 Å². The molecule has 0 saturated heterocycles. The molecule has 0 N–H and O–H groups in total. The molecule has 3 rings (SSSR count). The van der Waals surface area contributed by atoms with Crippen molar-refractivity contribution in [1.82, 2.24) is 9.97 Å². The van der Waals surface area contributed by atoms with Gasteiger partial charge in [0.05, 0.1) is 5.69 Å². The molecule has 1 heterocycles. The molecule has 2 aromatic carbocycles. The second kappa shape index (κ2) is 7.87. The Hall–Kier alpha value is -2.48. The Morgan fingerprint density at radius 3 is 2.00 bits per heavy atom. The van der Waals surface area contributed by atoms with Crippen molar-refractivity contribution in [2.75, 3.05) is 0 Å². The predicted molar refractivity (Wildman–Crippen MR) is 101 cm³/mol. The SMILES string of the molecule is CCCCCc1nc(-c2ccccc2)nc(-c2ccccc2)c1C. The summed E-state index contributed by atoms with van der Waals surface area (Å²) < 4.78 is 0. The minimum Gasteiger partial charge on any atom is -0.233 e. The number of rotatable bonds is 6. The first kappa shape index (κ1) is 16.4. The van der Waals surface area contributed by atoms with Crippen LogP contribution < -0.4 is 0 Å². The summed E-state index contributed by atoms with van der Waals surface area (Å²) in [6.45, 7) is 4.38. The fraction of sp³-hybridized carbons (Fsp3) is 0.273. The smallest absolute Gasteiger partial charge is 0.160 e. The number of aromatic nitrogens is 2. The zero-order valence-corrected chi connectivity index (χ0v) is 14.5. The van der Waals surface area contributed by atoms with Gasteiger partial charge in [-0.1, -0.05) is 80.4 Å². The van der Waals surface area contributed by atoms with Gasteiger partial charge in [0, 0.05) is 16.8 Å². The second-order valence-electron chi connectivity index (χ2n) is 6.16. The van der Waals surface area contributed by atoms with Crippen LogP contribution in [0.15, 0.2) is 60.7 Å². The summed E-state index contributed by atoms with van der Waals surface area (Å²) in [7, 11) is 0. The fourth-order valence-corrected chi connectivity index (χ4v) is 2.94. The third kappa shape index (κ3) is 3.70. The van der Waals surface area contributed by atoms with Gasteiger partial charge in [0.2, 0.25) is 0 Å². The third-order valence-corrected chi connectivity index (χ3v) is 4.34. The zero-order valence-electron chi connectivity index (χ0n) is 14.5. The highest BCUT2D eigenvalue weighted by molar-refractivity contribution is 5.67. The van der Waals surface area contributed by atoms with E-state index in [2.05, 4.69) is 50.2 Å². The minimum atomic E-state index is 0.826. The van der Waals surface area contributed by atoms with Gasteiger partial charge in [-0.25, -0.2) is 9.97 Å². The molecule has 0 fully saturated rings. The number of nitrogens with zero attached hydrogens (tertiary/aromatic N) is 2. The van der Waals surface area contributed by atoms with Crippen molar-refractivity contribution in [2.45, 2.75) is 39.5 Å². The summed E-state index contributed by atoms with van der Waals surface area (Å²) in [5.74, 6) is 0.826. The Labute approximate surface area is 144 Å². The molecule has 3 aromatic rings. The molecule has 0 bridgehead atoms. The van der Waals surface area contributed by atoms with E-state index < -0.39 is 0 Å². The molecular weight excluding hydrogens is 292 g/mol. The number of aryl methyl sites for hydroxylation is 1. The summed E-state index contributed by atoms with van der Waals surface area (Å²) in [6.07, 6.45) is 4.66. The predicted octanol–water partition coefficient (Wildman–Crippen LogP) is 5.85. The van der Waals surface area contributed by atoms with Gasteiger partial charge in [0.1, 0.15) is 0 Å². The molecule has 1 aromatic heterocycles. The average molecular weight is 316 g/mol. The Bertz CT molecular complexity index is 780. The average Bonchev–Trinajstić information content (AvgIpc) is 2.65. The molecule has 0 radical (unpaired) electrons. The topological polar surface area (TPSA) is 25.8 Å². The van der Waals surface area contributed by atoms with Gasteiger partial charge in [-0.05, 0) is 25.3 Å². The summed E-state index contributed by atoms with van der Waals surface area (Å²) in [5, 5.41) is 0. The lowest BCUT2D eigenvalue weighted by molar-refractivity contribution is 0.703. The van der Waals surface area contributed by atoms with Gasteiger partial charge in [-0.3, -0.25) is 0 Å². The molecule has 0 atom stereocenters. The van der Waals surface area contributed by atoms with Crippen LogP contribution in [-0.4, -0.2) is 9.97 Å². The van der Waals surface area contributed by atoms with Crippen molar-refractivity contribution >= 4 is 0 Å². The first-order valence-electron chi connectivity index (χ1n) is 8.78. The van der Waals surface area contributed by atoms with E-state index in [4.69, 9.17) is 9.97 Å². The Morgan fingerprint density at radius 1 is 0.750 bits per heavy atom. The first-order valence-corrected chi connectivity index (χ1v) is 8.78. The van der Waals surface area contributed by atoms with Crippen molar-refractivity contribution in [3.63, 3.8) is 0 Å². The Kier molecular flexibility index (Phi) is 5.37. The molecule has 2 heteroatoms. The van der Waals surface area contributed by atoms with Crippen LogP contribution in [0.3, 0.4) is 0 Å². The van der Waals surface area contributed by atoms with Crippen LogP contribution in [0.1, 0.15) is 37.4 Å². The van der Waals surface area contributed by atoms with Crippen LogP contribution in [0.4, 0.5) is 0 Å². The fourth-order valence-electron chi connectivity index (χ4n) is 2.94. The Morgan fingerprint density at radius 2 is 1.38 bits per heavy atom. The third-order valence-electron chi connectivity index (χ3n) is 4.34. The van der Waals surface area contributed by atoms with E-state index in [1.807, 2.05) is 24.3 Å². The van der Waals surface area contributed by atoms with E-state index >= 15 is 0 Å². The van der Waals surface area contributed by atoms with E-state index in [9.17, 15) is 0 Å². The largest absolute Gasteiger partial charge is 0.233 e. The highest BCUT2D eigenvalue weighted by Crippen LogP contribution is 2.27. The highest BCUT2D eigenvalue weighted by Gasteiger charge is 2.13. The van der Waals surface area contributed by atoms with Crippen molar-refractivity contribution in [2.24, 2.45) is 0 Å². The maximum Gasteiger partial charge on any atom is 0.160 e. The van der Waals surface area contributed by atoms with Crippen molar-refractivity contribution < 1.29 is 0 Å². The molecule has 0 aliphatic rings. The van der Waals surface area contributed by atoms with Crippen LogP contribution >= 0.6 is 0 Å². The zero-order chi connectivity index (χ0) is 16.8. The lowest BCUT2D eigenvalue weighted by Crippen LogP contribution is -2.03. The molecule has 0 saturated carbocycles. The molecule has 0 amide bonds. The number of benzene rings is 2. The summed E-state index contributed by atoms with van der Waals surface area (Å²) in [4.78, 5) is 9.78. The lowest BCUT2D eigenvalue weighted by atomic mass is 10.0. The quantitative estimate of drug-likeness (QED) is 0.533. The van der Waals surface area contributed by atoms with Crippen LogP contribution in [0.2, 0.25) is 0 Å². The number of hydrogen-bond acceptors (Lipinski definition) is 2. The van der Waals surface area contributed by atoms with Gasteiger partial charge in [0.25, 0.3) is 0 Å². The van der Waals surface area contributed by atoms with Gasteiger partial charge >= 0.3 is 0 Å². The van der Waals surface area contributed by atoms with Crippen molar-refractivity contribution in [1.29, 1.82) is 0 Å². The molecule has 0 aliphatic heterocycles. The van der Waals surface area contributed by atoms with Gasteiger partial charge in [-0.2, -0.15) is 0 Å². The Balaban J connectivity index is 2.08. The van der Waals surface area contributed by atoms with Gasteiger partial charge in [-0.15, -0.1) is 0 Å². The summed E-state index contributed by atoms with van der Waals surface area (Å²) in [6, 6.07) is 20.7. The van der Waals surface area contributed by atoms with Gasteiger partial charge in [0.15, 0.2) is 5.82 Å². The van der Waals surface area contributed by atoms with E-state index in [1.54, 1.807) is 0 Å². The standard InChI is InChI=1S/C22H24N2/c1-3-4-7-16-20-17(2)21(18-12-8-5-9-13-18)24-22(23-20)19-14-10-6-11-15-19/h5-6,8-15H,3-4,7,16H2,1-2H3. The molecule has 24 heavy (non-hydrogen) atoms. The second-order valence-corrected chi connectivity index (χ2v) is 6.16. The molecule has 122 valence electrons. The molecule has 2 nitrogen and oxygen atoms in total. The highest BCUT2D eigenvalue weighted by atomic mass is 14.9. The number of unbranched alkanes of at least 4 members (excludes halogenated alkanes) is 2. The van der Waals surface area contributed by atoms with Crippen LogP contribution in [-0.2, 0) is 6.42 Å². The maximum absolute atomic E-state index is 4.89. The normalized spacial score (nSPS) is 10.8. The van der Waals surface area contributed by atoms with E-state index in [0.29, 0.717) is 0 Å². The monoisotopic (exact) mass is 316 g/mol. The van der Waals surface area contributed by atoms with Gasteiger partial charge < -0.3 is 0 Å². The van der Waals surface area contributed by atoms with E-state index in [0.717, 1.165) is 29.1 Å². The van der Waals surface area contributed by atoms with Crippen LogP contribution in [0.25, 0.3) is 22.6 Å². The molecular formula is C22H24N2. The van der Waals surface area contributed by atoms with Crippen molar-refractivity contribution in [3.8, 4) is 22.6 Å². The summed E-state index contributed by atoms with van der Waals surface area (Å²) >= 11 is 0. The lowest BCUT2D eigenvalue weighted by Gasteiger charge is -2.13. The first-order chi connectivity index (χ1) is 11.8. The van der Waals surface area contributed by atoms with E-state index in [1.165, 1.54) is 30.5 Å². The summed E-state index contributed by atoms with van der Waals surface area (Å²) in [5.41, 5.74) is 5.67. The molecule has 0 unspecified atom stereocenters. The maximum atomic E-state index is 4.89. The minimum absolute atomic E-state index is 0.826. The number of hydrogen-bond donors (Lipinski definition) is 0.